The molecule has 0 spiro atoms. The standard InChI is InChI=1S/C19H24N2O/c1-14(2)15-10-12-17(13-11-15)20-19(22)18(21(3)4)16-8-6-5-7-9-16/h5-14,18H,1-4H3,(H,20,22)/t18-/m1/s1. The maximum atomic E-state index is 12.6. The minimum Gasteiger partial charge on any atom is -0.324 e. The lowest BCUT2D eigenvalue weighted by Gasteiger charge is -2.24. The summed E-state index contributed by atoms with van der Waals surface area (Å²) < 4.78 is 0. The number of carbonyl (C=O) groups is 1. The number of hydrogen-bond donors (Lipinski definition) is 1. The Kier molecular flexibility index (Phi) is 5.34. The zero-order chi connectivity index (χ0) is 16.1. The predicted octanol–water partition coefficient (Wildman–Crippen LogP) is 4.05. The lowest BCUT2D eigenvalue weighted by Crippen LogP contribution is -2.32. The van der Waals surface area contributed by atoms with Crippen molar-refractivity contribution in [2.45, 2.75) is 25.8 Å². The molecule has 3 nitrogen and oxygen atoms in total. The second kappa shape index (κ2) is 7.23. The van der Waals surface area contributed by atoms with Crippen LogP contribution in [0.4, 0.5) is 5.69 Å². The van der Waals surface area contributed by atoms with Crippen molar-refractivity contribution >= 4 is 11.6 Å². The van der Waals surface area contributed by atoms with Gasteiger partial charge in [0.15, 0.2) is 0 Å². The largest absolute Gasteiger partial charge is 0.324 e. The molecule has 2 aromatic carbocycles. The molecule has 3 heteroatoms. The smallest absolute Gasteiger partial charge is 0.246 e. The van der Waals surface area contributed by atoms with Gasteiger partial charge in [-0.2, -0.15) is 0 Å². The molecule has 0 aliphatic heterocycles. The summed E-state index contributed by atoms with van der Waals surface area (Å²) >= 11 is 0. The van der Waals surface area contributed by atoms with Gasteiger partial charge >= 0.3 is 0 Å². The second-order valence-electron chi connectivity index (χ2n) is 6.04. The number of benzene rings is 2. The summed E-state index contributed by atoms with van der Waals surface area (Å²) in [5.74, 6) is 0.470. The van der Waals surface area contributed by atoms with E-state index >= 15 is 0 Å². The van der Waals surface area contributed by atoms with Crippen LogP contribution in [-0.4, -0.2) is 24.9 Å². The number of anilines is 1. The van der Waals surface area contributed by atoms with Gasteiger partial charge in [-0.25, -0.2) is 0 Å². The van der Waals surface area contributed by atoms with E-state index in [0.717, 1.165) is 11.3 Å². The normalized spacial score (nSPS) is 12.5. The molecule has 116 valence electrons. The summed E-state index contributed by atoms with van der Waals surface area (Å²) in [5, 5.41) is 3.01. The molecular weight excluding hydrogens is 272 g/mol. The van der Waals surface area contributed by atoms with Crippen LogP contribution < -0.4 is 5.32 Å². The molecular formula is C19H24N2O. The average molecular weight is 296 g/mol. The number of nitrogens with zero attached hydrogens (tertiary/aromatic N) is 1. The Bertz CT molecular complexity index is 603. The van der Waals surface area contributed by atoms with Gasteiger partial charge in [-0.05, 0) is 43.3 Å². The van der Waals surface area contributed by atoms with Gasteiger partial charge in [-0.1, -0.05) is 56.3 Å². The summed E-state index contributed by atoms with van der Waals surface area (Å²) in [4.78, 5) is 14.5. The highest BCUT2D eigenvalue weighted by molar-refractivity contribution is 5.95. The van der Waals surface area contributed by atoms with Crippen LogP contribution >= 0.6 is 0 Å². The first-order chi connectivity index (χ1) is 10.5. The molecule has 0 radical (unpaired) electrons. The van der Waals surface area contributed by atoms with Crippen molar-refractivity contribution in [3.05, 3.63) is 65.7 Å². The summed E-state index contributed by atoms with van der Waals surface area (Å²) in [5.41, 5.74) is 3.09. The maximum Gasteiger partial charge on any atom is 0.246 e. The third-order valence-corrected chi connectivity index (χ3v) is 3.72. The van der Waals surface area contributed by atoms with E-state index < -0.39 is 0 Å². The van der Waals surface area contributed by atoms with Crippen LogP contribution in [0.5, 0.6) is 0 Å². The summed E-state index contributed by atoms with van der Waals surface area (Å²) in [7, 11) is 3.83. The van der Waals surface area contributed by atoms with Crippen molar-refractivity contribution in [1.29, 1.82) is 0 Å². The zero-order valence-electron chi connectivity index (χ0n) is 13.7. The van der Waals surface area contributed by atoms with Crippen LogP contribution in [-0.2, 0) is 4.79 Å². The first-order valence-corrected chi connectivity index (χ1v) is 7.61. The topological polar surface area (TPSA) is 32.3 Å². The van der Waals surface area contributed by atoms with Crippen molar-refractivity contribution in [2.75, 3.05) is 19.4 Å². The van der Waals surface area contributed by atoms with Gasteiger partial charge in [0.05, 0.1) is 0 Å². The average Bonchev–Trinajstić information content (AvgIpc) is 2.48. The molecule has 0 fully saturated rings. The molecule has 0 saturated carbocycles. The summed E-state index contributed by atoms with van der Waals surface area (Å²) in [6, 6.07) is 17.6. The van der Waals surface area contributed by atoms with Gasteiger partial charge in [0.1, 0.15) is 6.04 Å². The van der Waals surface area contributed by atoms with E-state index in [1.807, 2.05) is 61.5 Å². The van der Waals surface area contributed by atoms with E-state index in [9.17, 15) is 4.79 Å². The van der Waals surface area contributed by atoms with E-state index in [0.29, 0.717) is 5.92 Å². The number of rotatable bonds is 5. The van der Waals surface area contributed by atoms with Crippen molar-refractivity contribution in [3.63, 3.8) is 0 Å². The van der Waals surface area contributed by atoms with Crippen molar-refractivity contribution in [3.8, 4) is 0 Å². The number of amides is 1. The molecule has 0 heterocycles. The first-order valence-electron chi connectivity index (χ1n) is 7.61. The van der Waals surface area contributed by atoms with Crippen LogP contribution in [0.25, 0.3) is 0 Å². The third kappa shape index (κ3) is 3.95. The zero-order valence-corrected chi connectivity index (χ0v) is 13.7. The molecule has 0 bridgehead atoms. The highest BCUT2D eigenvalue weighted by atomic mass is 16.2. The van der Waals surface area contributed by atoms with Gasteiger partial charge < -0.3 is 5.32 Å². The lowest BCUT2D eigenvalue weighted by molar-refractivity contribution is -0.120. The molecule has 0 unspecified atom stereocenters. The van der Waals surface area contributed by atoms with E-state index in [-0.39, 0.29) is 11.9 Å². The summed E-state index contributed by atoms with van der Waals surface area (Å²) in [6.07, 6.45) is 0. The van der Waals surface area contributed by atoms with E-state index in [1.165, 1.54) is 5.56 Å². The Hall–Kier alpha value is -2.13. The van der Waals surface area contributed by atoms with Gasteiger partial charge in [0.2, 0.25) is 5.91 Å². The Morgan fingerprint density at radius 3 is 2.00 bits per heavy atom. The van der Waals surface area contributed by atoms with Crippen LogP contribution in [0.2, 0.25) is 0 Å². The lowest BCUT2D eigenvalue weighted by atomic mass is 10.0. The first kappa shape index (κ1) is 16.2. The Morgan fingerprint density at radius 2 is 1.50 bits per heavy atom. The monoisotopic (exact) mass is 296 g/mol. The molecule has 2 aromatic rings. The Labute approximate surface area is 133 Å². The second-order valence-corrected chi connectivity index (χ2v) is 6.04. The van der Waals surface area contributed by atoms with Gasteiger partial charge in [0, 0.05) is 5.69 Å². The highest BCUT2D eigenvalue weighted by Crippen LogP contribution is 2.22. The van der Waals surface area contributed by atoms with Crippen LogP contribution in [0, 0.1) is 0 Å². The van der Waals surface area contributed by atoms with Gasteiger partial charge in [-0.15, -0.1) is 0 Å². The van der Waals surface area contributed by atoms with Crippen LogP contribution in [0.3, 0.4) is 0 Å². The minimum atomic E-state index is -0.300. The minimum absolute atomic E-state index is 0.0199. The van der Waals surface area contributed by atoms with E-state index in [1.54, 1.807) is 0 Å². The van der Waals surface area contributed by atoms with Gasteiger partial charge in [-0.3, -0.25) is 9.69 Å². The fourth-order valence-electron chi connectivity index (χ4n) is 2.48. The Morgan fingerprint density at radius 1 is 0.909 bits per heavy atom. The van der Waals surface area contributed by atoms with Crippen molar-refractivity contribution in [1.82, 2.24) is 4.90 Å². The third-order valence-electron chi connectivity index (χ3n) is 3.72. The molecule has 0 aliphatic rings. The number of likely N-dealkylation sites (N-methyl/N-ethyl adjacent to an activating group) is 1. The Balaban J connectivity index is 2.15. The van der Waals surface area contributed by atoms with Crippen molar-refractivity contribution in [2.24, 2.45) is 0 Å². The molecule has 1 atom stereocenters. The number of nitrogens with one attached hydrogen (secondary N) is 1. The molecule has 1 amide bonds. The summed E-state index contributed by atoms with van der Waals surface area (Å²) in [6.45, 7) is 4.32. The molecule has 0 saturated heterocycles. The molecule has 0 aromatic heterocycles. The number of hydrogen-bond acceptors (Lipinski definition) is 2. The molecule has 1 N–H and O–H groups in total. The molecule has 0 aliphatic carbocycles. The van der Waals surface area contributed by atoms with E-state index in [4.69, 9.17) is 0 Å². The van der Waals surface area contributed by atoms with Crippen LogP contribution in [0.1, 0.15) is 36.9 Å². The molecule has 2 rings (SSSR count). The predicted molar refractivity (Wildman–Crippen MR) is 92.0 cm³/mol. The van der Waals surface area contributed by atoms with Gasteiger partial charge in [0.25, 0.3) is 0 Å². The SMILES string of the molecule is CC(C)c1ccc(NC(=O)[C@@H](c2ccccc2)N(C)C)cc1. The quantitative estimate of drug-likeness (QED) is 0.902. The van der Waals surface area contributed by atoms with E-state index in [2.05, 4.69) is 31.3 Å². The fourth-order valence-corrected chi connectivity index (χ4v) is 2.48. The maximum absolute atomic E-state index is 12.6. The highest BCUT2D eigenvalue weighted by Gasteiger charge is 2.22. The van der Waals surface area contributed by atoms with Crippen molar-refractivity contribution < 1.29 is 4.79 Å². The van der Waals surface area contributed by atoms with Crippen LogP contribution in [0.15, 0.2) is 54.6 Å². The molecule has 22 heavy (non-hydrogen) atoms. The fraction of sp³-hybridized carbons (Fsp3) is 0.316. The number of carbonyl (C=O) groups excluding carboxylic acids is 1.